The van der Waals surface area contributed by atoms with Crippen LogP contribution in [0.3, 0.4) is 0 Å². The van der Waals surface area contributed by atoms with Gasteiger partial charge in [-0.15, -0.1) is 5.10 Å². The van der Waals surface area contributed by atoms with E-state index >= 15 is 0 Å². The second-order valence-corrected chi connectivity index (χ2v) is 6.74. The van der Waals surface area contributed by atoms with Gasteiger partial charge in [0.05, 0.1) is 50.3 Å². The zero-order valence-electron chi connectivity index (χ0n) is 16.5. The molecule has 0 aromatic carbocycles. The van der Waals surface area contributed by atoms with E-state index in [2.05, 4.69) is 15.5 Å². The highest BCUT2D eigenvalue weighted by atomic mass is 16.5. The average Bonchev–Trinajstić information content (AvgIpc) is 3.17. The molecule has 9 heteroatoms. The molecule has 2 aromatic heterocycles. The quantitative estimate of drug-likeness (QED) is 0.780. The monoisotopic (exact) mass is 377 g/mol. The summed E-state index contributed by atoms with van der Waals surface area (Å²) in [5.74, 6) is 0.329. The molecule has 2 aromatic rings. The number of aryl methyl sites for hydroxylation is 1. The van der Waals surface area contributed by atoms with E-state index in [1.807, 2.05) is 27.1 Å². The number of aromatic nitrogens is 4. The molecule has 148 valence electrons. The highest BCUT2D eigenvalue weighted by Crippen LogP contribution is 2.31. The van der Waals surface area contributed by atoms with E-state index in [4.69, 9.17) is 14.2 Å². The Hall–Kier alpha value is -2.39. The van der Waals surface area contributed by atoms with Gasteiger partial charge >= 0.3 is 0 Å². The van der Waals surface area contributed by atoms with Crippen molar-refractivity contribution in [2.24, 2.45) is 7.05 Å². The molecule has 9 nitrogen and oxygen atoms in total. The fraction of sp³-hybridized carbons (Fsp3) is 0.611. The number of hydrogen-bond donors (Lipinski definition) is 1. The topological polar surface area (TPSA) is 92.4 Å². The molecule has 0 radical (unpaired) electrons. The largest absolute Gasteiger partial charge is 0.480 e. The van der Waals surface area contributed by atoms with Gasteiger partial charge in [-0.05, 0) is 13.8 Å². The summed E-state index contributed by atoms with van der Waals surface area (Å²) in [7, 11) is 5.01. The number of amides is 1. The summed E-state index contributed by atoms with van der Waals surface area (Å²) in [6.45, 7) is 5.27. The normalized spacial score (nSPS) is 19.0. The molecule has 3 rings (SSSR count). The first-order chi connectivity index (χ1) is 12.9. The standard InChI is InChI=1S/C18H27N5O4/c1-11-8-14-15(12(2)27-11)20-23(6-7-25-4)16(14)17(24)19-9-13-10-22(3)21-18(13)26-5/h10-12H,6-9H2,1-5H3,(H,19,24)/t11-,12+/m0/s1. The van der Waals surface area contributed by atoms with Gasteiger partial charge in [-0.1, -0.05) is 0 Å². The minimum absolute atomic E-state index is 0.0394. The van der Waals surface area contributed by atoms with Crippen LogP contribution in [-0.4, -0.2) is 52.4 Å². The summed E-state index contributed by atoms with van der Waals surface area (Å²) >= 11 is 0. The predicted molar refractivity (Wildman–Crippen MR) is 97.7 cm³/mol. The first-order valence-corrected chi connectivity index (χ1v) is 9.03. The second-order valence-electron chi connectivity index (χ2n) is 6.74. The number of ether oxygens (including phenoxy) is 3. The lowest BCUT2D eigenvalue weighted by atomic mass is 9.99. The predicted octanol–water partition coefficient (Wildman–Crippen LogP) is 1.22. The van der Waals surface area contributed by atoms with Crippen LogP contribution in [0.25, 0.3) is 0 Å². The van der Waals surface area contributed by atoms with E-state index in [0.29, 0.717) is 37.7 Å². The van der Waals surface area contributed by atoms with Crippen molar-refractivity contribution in [3.63, 3.8) is 0 Å². The van der Waals surface area contributed by atoms with Crippen molar-refractivity contribution in [3.8, 4) is 5.88 Å². The molecule has 0 fully saturated rings. The van der Waals surface area contributed by atoms with E-state index in [0.717, 1.165) is 16.8 Å². The van der Waals surface area contributed by atoms with Crippen molar-refractivity contribution in [1.82, 2.24) is 24.9 Å². The Morgan fingerprint density at radius 1 is 1.37 bits per heavy atom. The zero-order chi connectivity index (χ0) is 19.6. The molecule has 0 bridgehead atoms. The Balaban J connectivity index is 1.86. The average molecular weight is 377 g/mol. The molecule has 1 aliphatic heterocycles. The van der Waals surface area contributed by atoms with Crippen molar-refractivity contribution in [3.05, 3.63) is 28.7 Å². The summed E-state index contributed by atoms with van der Waals surface area (Å²) in [6, 6.07) is 0. The van der Waals surface area contributed by atoms with E-state index in [1.165, 1.54) is 0 Å². The third-order valence-corrected chi connectivity index (χ3v) is 4.62. The Morgan fingerprint density at radius 2 is 2.15 bits per heavy atom. The number of fused-ring (bicyclic) bond motifs is 1. The summed E-state index contributed by atoms with van der Waals surface area (Å²) in [4.78, 5) is 13.0. The third-order valence-electron chi connectivity index (χ3n) is 4.62. The van der Waals surface area contributed by atoms with Crippen LogP contribution in [-0.2, 0) is 36.0 Å². The maximum Gasteiger partial charge on any atom is 0.270 e. The maximum atomic E-state index is 13.0. The lowest BCUT2D eigenvalue weighted by Crippen LogP contribution is -2.29. The van der Waals surface area contributed by atoms with E-state index in [1.54, 1.807) is 23.6 Å². The summed E-state index contributed by atoms with van der Waals surface area (Å²) in [5, 5.41) is 11.8. The molecule has 3 heterocycles. The number of nitrogens with one attached hydrogen (secondary N) is 1. The van der Waals surface area contributed by atoms with Gasteiger partial charge < -0.3 is 19.5 Å². The fourth-order valence-corrected chi connectivity index (χ4v) is 3.46. The highest BCUT2D eigenvalue weighted by Gasteiger charge is 2.32. The highest BCUT2D eigenvalue weighted by molar-refractivity contribution is 5.94. The van der Waals surface area contributed by atoms with Crippen molar-refractivity contribution in [1.29, 1.82) is 0 Å². The van der Waals surface area contributed by atoms with Gasteiger partial charge in [-0.3, -0.25) is 14.2 Å². The van der Waals surface area contributed by atoms with Crippen molar-refractivity contribution >= 4 is 5.91 Å². The first kappa shape index (κ1) is 19.4. The van der Waals surface area contributed by atoms with E-state index < -0.39 is 0 Å². The Labute approximate surface area is 158 Å². The van der Waals surface area contributed by atoms with Crippen LogP contribution in [0, 0.1) is 0 Å². The van der Waals surface area contributed by atoms with Crippen LogP contribution in [0.4, 0.5) is 0 Å². The molecular formula is C18H27N5O4. The van der Waals surface area contributed by atoms with Crippen LogP contribution in [0.15, 0.2) is 6.20 Å². The van der Waals surface area contributed by atoms with E-state index in [9.17, 15) is 4.79 Å². The maximum absolute atomic E-state index is 13.0. The first-order valence-electron chi connectivity index (χ1n) is 9.03. The lowest BCUT2D eigenvalue weighted by Gasteiger charge is -2.24. The smallest absolute Gasteiger partial charge is 0.270 e. The SMILES string of the molecule is COCCn1nc2c(c1C(=O)NCc1cn(C)nc1OC)C[C@H](C)O[C@@H]2C. The zero-order valence-corrected chi connectivity index (χ0v) is 16.5. The molecule has 1 N–H and O–H groups in total. The summed E-state index contributed by atoms with van der Waals surface area (Å²) < 4.78 is 19.7. The Morgan fingerprint density at radius 3 is 2.85 bits per heavy atom. The summed E-state index contributed by atoms with van der Waals surface area (Å²) in [6.07, 6.45) is 2.38. The fourth-order valence-electron chi connectivity index (χ4n) is 3.46. The van der Waals surface area contributed by atoms with E-state index in [-0.39, 0.29) is 18.1 Å². The van der Waals surface area contributed by atoms with Crippen LogP contribution >= 0.6 is 0 Å². The molecule has 0 spiro atoms. The van der Waals surface area contributed by atoms with Crippen LogP contribution in [0.2, 0.25) is 0 Å². The number of hydrogen-bond acceptors (Lipinski definition) is 6. The molecule has 0 saturated heterocycles. The second kappa shape index (κ2) is 8.10. The Bertz CT molecular complexity index is 813. The van der Waals surface area contributed by atoms with Gasteiger partial charge in [0, 0.05) is 32.3 Å². The molecule has 1 amide bonds. The lowest BCUT2D eigenvalue weighted by molar-refractivity contribution is -0.00716. The molecule has 0 unspecified atom stereocenters. The van der Waals surface area contributed by atoms with Crippen molar-refractivity contribution in [2.75, 3.05) is 20.8 Å². The van der Waals surface area contributed by atoms with Crippen LogP contribution < -0.4 is 10.1 Å². The molecule has 1 aliphatic rings. The van der Waals surface area contributed by atoms with Gasteiger partial charge in [0.15, 0.2) is 0 Å². The van der Waals surface area contributed by atoms with Crippen molar-refractivity contribution < 1.29 is 19.0 Å². The number of methoxy groups -OCH3 is 2. The molecule has 2 atom stereocenters. The summed E-state index contributed by atoms with van der Waals surface area (Å²) in [5.41, 5.74) is 3.17. The van der Waals surface area contributed by atoms with Crippen LogP contribution in [0.1, 0.15) is 47.3 Å². The number of carbonyl (C=O) groups excluding carboxylic acids is 1. The number of nitrogens with zero attached hydrogens (tertiary/aromatic N) is 4. The minimum atomic E-state index is -0.174. The molecule has 27 heavy (non-hydrogen) atoms. The van der Waals surface area contributed by atoms with Gasteiger partial charge in [-0.2, -0.15) is 5.10 Å². The van der Waals surface area contributed by atoms with Gasteiger partial charge in [0.2, 0.25) is 5.88 Å². The minimum Gasteiger partial charge on any atom is -0.480 e. The molecular weight excluding hydrogens is 350 g/mol. The number of carbonyl (C=O) groups is 1. The van der Waals surface area contributed by atoms with Crippen molar-refractivity contribution in [2.45, 2.75) is 45.6 Å². The van der Waals surface area contributed by atoms with Crippen LogP contribution in [0.5, 0.6) is 5.88 Å². The van der Waals surface area contributed by atoms with Gasteiger partial charge in [0.1, 0.15) is 5.69 Å². The third kappa shape index (κ3) is 3.98. The molecule has 0 aliphatic carbocycles. The number of rotatable bonds is 7. The van der Waals surface area contributed by atoms with Gasteiger partial charge in [0.25, 0.3) is 5.91 Å². The van der Waals surface area contributed by atoms with Gasteiger partial charge in [-0.25, -0.2) is 0 Å². The Kier molecular flexibility index (Phi) is 5.81. The molecule has 0 saturated carbocycles.